The van der Waals surface area contributed by atoms with Gasteiger partial charge in [0.2, 0.25) is 11.8 Å². The Hall–Kier alpha value is -2.36. The molecule has 1 aromatic carbocycles. The summed E-state index contributed by atoms with van der Waals surface area (Å²) in [6, 6.07) is 5.72. The molecule has 174 valence electrons. The Morgan fingerprint density at radius 3 is 2.53 bits per heavy atom. The van der Waals surface area contributed by atoms with Crippen molar-refractivity contribution in [1.29, 1.82) is 0 Å². The number of anilines is 1. The molecule has 2 saturated heterocycles. The van der Waals surface area contributed by atoms with Crippen molar-refractivity contribution in [3.63, 3.8) is 0 Å². The van der Waals surface area contributed by atoms with Crippen molar-refractivity contribution >= 4 is 35.1 Å². The zero-order chi connectivity index (χ0) is 22.7. The smallest absolute Gasteiger partial charge is 0.322 e. The molecule has 2 atom stereocenters. The van der Waals surface area contributed by atoms with Crippen molar-refractivity contribution in [2.75, 3.05) is 31.6 Å². The van der Waals surface area contributed by atoms with Crippen LogP contribution in [0.5, 0.6) is 0 Å². The molecule has 0 bridgehead atoms. The van der Waals surface area contributed by atoms with Crippen LogP contribution in [0.25, 0.3) is 0 Å². The van der Waals surface area contributed by atoms with E-state index in [2.05, 4.69) is 10.6 Å². The number of hydrogen-bond acceptors (Lipinski definition) is 5. The largest absolute Gasteiger partial charge is 0.391 e. The highest BCUT2D eigenvalue weighted by Gasteiger charge is 2.40. The van der Waals surface area contributed by atoms with Gasteiger partial charge in [0.25, 0.3) is 0 Å². The van der Waals surface area contributed by atoms with Crippen LogP contribution in [0.2, 0.25) is 5.02 Å². The van der Waals surface area contributed by atoms with Gasteiger partial charge < -0.3 is 30.3 Å². The van der Waals surface area contributed by atoms with Gasteiger partial charge in [-0.05, 0) is 49.9 Å². The standard InChI is InChI=1S/C22H29ClN4O5/c23-14-1-3-16(4-2-14)25-22(31)27-12-18(28)11-19(27)21(30)24-15-5-7-17(8-6-15)26-9-10-32-13-20(26)29/h1-4,15,17-19,28H,5-13H2,(H,24,30)(H,25,31)/t15?,17?,18?,19-/m1/s1. The Morgan fingerprint density at radius 2 is 1.84 bits per heavy atom. The van der Waals surface area contributed by atoms with E-state index < -0.39 is 18.2 Å². The molecule has 10 heteroatoms. The number of carbonyl (C=O) groups excluding carboxylic acids is 3. The second kappa shape index (κ2) is 10.1. The number of urea groups is 1. The molecule has 1 aliphatic carbocycles. The van der Waals surface area contributed by atoms with Crippen LogP contribution < -0.4 is 10.6 Å². The fraction of sp³-hybridized carbons (Fsp3) is 0.591. The molecule has 3 fully saturated rings. The summed E-state index contributed by atoms with van der Waals surface area (Å²) in [5.74, 6) is -0.218. The van der Waals surface area contributed by atoms with Crippen molar-refractivity contribution < 1.29 is 24.2 Å². The Kier molecular flexibility index (Phi) is 7.17. The second-order valence-corrected chi connectivity index (χ2v) is 9.08. The number of morpholine rings is 1. The van der Waals surface area contributed by atoms with Crippen molar-refractivity contribution in [3.05, 3.63) is 29.3 Å². The first kappa shape index (κ1) is 22.8. The molecule has 2 heterocycles. The van der Waals surface area contributed by atoms with Crippen LogP contribution in [0.4, 0.5) is 10.5 Å². The lowest BCUT2D eigenvalue weighted by Crippen LogP contribution is -2.53. The number of nitrogens with zero attached hydrogens (tertiary/aromatic N) is 2. The maximum Gasteiger partial charge on any atom is 0.322 e. The summed E-state index contributed by atoms with van der Waals surface area (Å²) in [6.07, 6.45) is 2.65. The molecule has 2 aliphatic heterocycles. The molecule has 3 aliphatic rings. The van der Waals surface area contributed by atoms with Gasteiger partial charge in [-0.1, -0.05) is 11.6 Å². The summed E-state index contributed by atoms with van der Waals surface area (Å²) in [5.41, 5.74) is 0.566. The number of aliphatic hydroxyl groups is 1. The minimum Gasteiger partial charge on any atom is -0.391 e. The molecule has 0 spiro atoms. The lowest BCUT2D eigenvalue weighted by Gasteiger charge is -2.39. The minimum absolute atomic E-state index is 0.00573. The number of β-amino-alcohol motifs (C(OH)–C–C–N with tert-alkyl or cyclic N) is 1. The number of halogens is 1. The SMILES string of the molecule is O=C(NC1CCC(N2CCOCC2=O)CC1)[C@H]1CC(O)CN1C(=O)Nc1ccc(Cl)cc1. The van der Waals surface area contributed by atoms with Gasteiger partial charge in [0, 0.05) is 42.3 Å². The number of hydrogen-bond donors (Lipinski definition) is 3. The summed E-state index contributed by atoms with van der Waals surface area (Å²) < 4.78 is 5.20. The first-order chi connectivity index (χ1) is 15.4. The number of benzene rings is 1. The van der Waals surface area contributed by atoms with E-state index in [9.17, 15) is 19.5 Å². The average molecular weight is 465 g/mol. The van der Waals surface area contributed by atoms with Crippen molar-refractivity contribution in [1.82, 2.24) is 15.1 Å². The van der Waals surface area contributed by atoms with E-state index in [4.69, 9.17) is 16.3 Å². The van der Waals surface area contributed by atoms with Gasteiger partial charge in [-0.15, -0.1) is 0 Å². The highest BCUT2D eigenvalue weighted by molar-refractivity contribution is 6.30. The third-order valence-electron chi connectivity index (χ3n) is 6.44. The molecule has 0 radical (unpaired) electrons. The molecule has 1 saturated carbocycles. The number of nitrogens with one attached hydrogen (secondary N) is 2. The monoisotopic (exact) mass is 464 g/mol. The topological polar surface area (TPSA) is 111 Å². The van der Waals surface area contributed by atoms with Crippen LogP contribution in [0.3, 0.4) is 0 Å². The summed E-state index contributed by atoms with van der Waals surface area (Å²) in [7, 11) is 0. The minimum atomic E-state index is -0.746. The molecule has 32 heavy (non-hydrogen) atoms. The zero-order valence-electron chi connectivity index (χ0n) is 17.8. The molecule has 0 aromatic heterocycles. The molecule has 3 N–H and O–H groups in total. The Labute approximate surface area is 192 Å². The number of aliphatic hydroxyl groups excluding tert-OH is 1. The van der Waals surface area contributed by atoms with Crippen LogP contribution in [-0.2, 0) is 14.3 Å². The molecule has 4 amide bonds. The predicted molar refractivity (Wildman–Crippen MR) is 118 cm³/mol. The maximum atomic E-state index is 13.0. The van der Waals surface area contributed by atoms with E-state index in [1.54, 1.807) is 24.3 Å². The van der Waals surface area contributed by atoms with Crippen LogP contribution in [0.15, 0.2) is 24.3 Å². The van der Waals surface area contributed by atoms with Gasteiger partial charge in [-0.3, -0.25) is 9.59 Å². The summed E-state index contributed by atoms with van der Waals surface area (Å²) >= 11 is 5.88. The van der Waals surface area contributed by atoms with E-state index in [-0.39, 0.29) is 43.5 Å². The predicted octanol–water partition coefficient (Wildman–Crippen LogP) is 1.59. The van der Waals surface area contributed by atoms with Crippen LogP contribution in [0.1, 0.15) is 32.1 Å². The lowest BCUT2D eigenvalue weighted by molar-refractivity contribution is -0.146. The van der Waals surface area contributed by atoms with Crippen molar-refractivity contribution in [2.24, 2.45) is 0 Å². The Morgan fingerprint density at radius 1 is 1.12 bits per heavy atom. The zero-order valence-corrected chi connectivity index (χ0v) is 18.6. The lowest BCUT2D eigenvalue weighted by atomic mass is 9.89. The van der Waals surface area contributed by atoms with Crippen LogP contribution in [-0.4, -0.2) is 83.3 Å². The van der Waals surface area contributed by atoms with Crippen molar-refractivity contribution in [3.8, 4) is 0 Å². The molecule has 4 rings (SSSR count). The Bertz CT molecular complexity index is 843. The first-order valence-electron chi connectivity index (χ1n) is 11.1. The number of likely N-dealkylation sites (tertiary alicyclic amines) is 1. The molecule has 1 aromatic rings. The van der Waals surface area contributed by atoms with E-state index in [0.29, 0.717) is 23.9 Å². The third-order valence-corrected chi connectivity index (χ3v) is 6.70. The van der Waals surface area contributed by atoms with Gasteiger partial charge in [0.1, 0.15) is 12.6 Å². The fourth-order valence-electron chi connectivity index (χ4n) is 4.76. The molecular formula is C22H29ClN4O5. The van der Waals surface area contributed by atoms with Crippen LogP contribution in [0, 0.1) is 0 Å². The molecule has 9 nitrogen and oxygen atoms in total. The number of amides is 4. The quantitative estimate of drug-likeness (QED) is 0.626. The Balaban J connectivity index is 1.30. The average Bonchev–Trinajstić information content (AvgIpc) is 3.18. The first-order valence-corrected chi connectivity index (χ1v) is 11.5. The highest BCUT2D eigenvalue weighted by Crippen LogP contribution is 2.26. The van der Waals surface area contributed by atoms with Crippen LogP contribution >= 0.6 is 11.6 Å². The van der Waals surface area contributed by atoms with E-state index in [0.717, 1.165) is 25.7 Å². The van der Waals surface area contributed by atoms with Gasteiger partial charge in [0.05, 0.1) is 12.7 Å². The molecular weight excluding hydrogens is 436 g/mol. The van der Waals surface area contributed by atoms with Crippen molar-refractivity contribution in [2.45, 2.75) is 56.3 Å². The van der Waals surface area contributed by atoms with Gasteiger partial charge in [-0.25, -0.2) is 4.79 Å². The fourth-order valence-corrected chi connectivity index (χ4v) is 4.89. The van der Waals surface area contributed by atoms with Gasteiger partial charge in [0.15, 0.2) is 0 Å². The third kappa shape index (κ3) is 5.33. The van der Waals surface area contributed by atoms with E-state index in [1.807, 2.05) is 4.90 Å². The second-order valence-electron chi connectivity index (χ2n) is 8.65. The highest BCUT2D eigenvalue weighted by atomic mass is 35.5. The number of ether oxygens (including phenoxy) is 1. The summed E-state index contributed by atoms with van der Waals surface area (Å²) in [5, 5.41) is 16.5. The summed E-state index contributed by atoms with van der Waals surface area (Å²) in [6.45, 7) is 1.44. The van der Waals surface area contributed by atoms with Gasteiger partial charge >= 0.3 is 6.03 Å². The van der Waals surface area contributed by atoms with E-state index >= 15 is 0 Å². The summed E-state index contributed by atoms with van der Waals surface area (Å²) in [4.78, 5) is 41.1. The van der Waals surface area contributed by atoms with Gasteiger partial charge in [-0.2, -0.15) is 0 Å². The normalized spacial score (nSPS) is 28.5. The number of rotatable bonds is 4. The van der Waals surface area contributed by atoms with E-state index in [1.165, 1.54) is 4.90 Å². The molecule has 1 unspecified atom stereocenters. The maximum absolute atomic E-state index is 13.0. The number of carbonyl (C=O) groups is 3.